The van der Waals surface area contributed by atoms with Crippen LogP contribution in [0.15, 0.2) is 32.8 Å². The molecule has 3 aromatic heterocycles. The molecule has 0 aromatic carbocycles. The predicted molar refractivity (Wildman–Crippen MR) is 116 cm³/mol. The monoisotopic (exact) mass is 446 g/mol. The number of hydrogen-bond acceptors (Lipinski definition) is 7. The van der Waals surface area contributed by atoms with Crippen molar-refractivity contribution < 1.29 is 14.0 Å². The van der Waals surface area contributed by atoms with E-state index in [1.807, 2.05) is 6.92 Å². The zero-order chi connectivity index (χ0) is 21.1. The van der Waals surface area contributed by atoms with E-state index >= 15 is 0 Å². The normalized spacial score (nSPS) is 12.8. The molecule has 0 atom stereocenters. The van der Waals surface area contributed by atoms with E-state index in [4.69, 9.17) is 9.40 Å². The second-order valence-corrected chi connectivity index (χ2v) is 9.01. The predicted octanol–water partition coefficient (Wildman–Crippen LogP) is 3.07. The molecule has 2 N–H and O–H groups in total. The summed E-state index contributed by atoms with van der Waals surface area (Å²) in [6, 6.07) is 2.85. The maximum atomic E-state index is 13.1. The molecule has 0 bridgehead atoms. The Bertz CT molecular complexity index is 1130. The summed E-state index contributed by atoms with van der Waals surface area (Å²) >= 11 is 2.75. The Labute approximate surface area is 181 Å². The average molecular weight is 447 g/mol. The van der Waals surface area contributed by atoms with Gasteiger partial charge in [-0.1, -0.05) is 18.7 Å². The van der Waals surface area contributed by atoms with Crippen LogP contribution in [0.1, 0.15) is 36.0 Å². The van der Waals surface area contributed by atoms with Crippen LogP contribution in [0, 0.1) is 0 Å². The van der Waals surface area contributed by atoms with Gasteiger partial charge in [0, 0.05) is 11.4 Å². The lowest BCUT2D eigenvalue weighted by atomic mass is 10.2. The summed E-state index contributed by atoms with van der Waals surface area (Å²) in [6.45, 7) is 2.73. The summed E-state index contributed by atoms with van der Waals surface area (Å²) in [4.78, 5) is 43.9. The molecule has 0 saturated carbocycles. The Morgan fingerprint density at radius 1 is 1.37 bits per heavy atom. The average Bonchev–Trinajstić information content (AvgIpc) is 3.44. The molecule has 0 radical (unpaired) electrons. The van der Waals surface area contributed by atoms with Gasteiger partial charge in [0.15, 0.2) is 5.16 Å². The second kappa shape index (κ2) is 9.05. The van der Waals surface area contributed by atoms with Crippen LogP contribution in [-0.2, 0) is 30.7 Å². The number of carbonyl (C=O) groups excluding carboxylic acids is 2. The van der Waals surface area contributed by atoms with Crippen molar-refractivity contribution in [1.82, 2.24) is 20.2 Å². The van der Waals surface area contributed by atoms with Crippen molar-refractivity contribution in [2.45, 2.75) is 50.9 Å². The highest BCUT2D eigenvalue weighted by Crippen LogP contribution is 2.35. The molecule has 1 aliphatic carbocycles. The molecule has 3 aromatic rings. The van der Waals surface area contributed by atoms with Gasteiger partial charge in [-0.05, 0) is 43.4 Å². The molecule has 8 nitrogen and oxygen atoms in total. The van der Waals surface area contributed by atoms with Crippen LogP contribution < -0.4 is 16.2 Å². The third kappa shape index (κ3) is 4.29. The van der Waals surface area contributed by atoms with Crippen LogP contribution in [0.25, 0.3) is 10.2 Å². The van der Waals surface area contributed by atoms with Gasteiger partial charge in [0.1, 0.15) is 10.6 Å². The smallest absolute Gasteiger partial charge is 0.321 e. The molecular weight excluding hydrogens is 424 g/mol. The molecular formula is C20H22N4O4S2. The minimum atomic E-state index is -0.596. The van der Waals surface area contributed by atoms with E-state index in [1.54, 1.807) is 28.0 Å². The van der Waals surface area contributed by atoms with Gasteiger partial charge in [-0.15, -0.1) is 11.3 Å². The quantitative estimate of drug-likeness (QED) is 0.427. The number of nitrogens with zero attached hydrogens (tertiary/aromatic N) is 2. The summed E-state index contributed by atoms with van der Waals surface area (Å²) in [5.41, 5.74) is 1.13. The van der Waals surface area contributed by atoms with E-state index in [1.165, 1.54) is 22.9 Å². The molecule has 158 valence electrons. The number of amides is 3. The van der Waals surface area contributed by atoms with E-state index < -0.39 is 11.9 Å². The molecule has 30 heavy (non-hydrogen) atoms. The zero-order valence-corrected chi connectivity index (χ0v) is 18.2. The number of thioether (sulfide) groups is 1. The number of nitrogens with one attached hydrogen (secondary N) is 2. The Hall–Kier alpha value is -2.59. The Morgan fingerprint density at radius 2 is 2.23 bits per heavy atom. The fourth-order valence-corrected chi connectivity index (χ4v) is 5.63. The third-order valence-corrected chi connectivity index (χ3v) is 6.99. The third-order valence-electron chi connectivity index (χ3n) is 4.83. The van der Waals surface area contributed by atoms with Crippen LogP contribution in [-0.4, -0.2) is 27.2 Å². The topological polar surface area (TPSA) is 106 Å². The van der Waals surface area contributed by atoms with Gasteiger partial charge in [-0.25, -0.2) is 9.78 Å². The number of hydrogen-bond donors (Lipinski definition) is 2. The molecule has 4 rings (SSSR count). The zero-order valence-electron chi connectivity index (χ0n) is 16.5. The van der Waals surface area contributed by atoms with Gasteiger partial charge in [-0.2, -0.15) is 0 Å². The minimum Gasteiger partial charge on any atom is -0.467 e. The number of imide groups is 1. The lowest BCUT2D eigenvalue weighted by molar-refractivity contribution is -0.117. The number of urea groups is 1. The van der Waals surface area contributed by atoms with Gasteiger partial charge >= 0.3 is 6.03 Å². The summed E-state index contributed by atoms with van der Waals surface area (Å²) in [7, 11) is 0. The number of rotatable bonds is 7. The Kier molecular flexibility index (Phi) is 6.24. The van der Waals surface area contributed by atoms with Crippen LogP contribution >= 0.6 is 23.1 Å². The van der Waals surface area contributed by atoms with Crippen LogP contribution in [0.2, 0.25) is 0 Å². The minimum absolute atomic E-state index is 0.0130. The number of aromatic nitrogens is 2. The van der Waals surface area contributed by atoms with Crippen molar-refractivity contribution in [3.8, 4) is 0 Å². The molecule has 3 amide bonds. The first-order chi connectivity index (χ1) is 14.6. The summed E-state index contributed by atoms with van der Waals surface area (Å²) < 4.78 is 6.78. The number of fused-ring (bicyclic) bond motifs is 3. The van der Waals surface area contributed by atoms with Crippen LogP contribution in [0.3, 0.4) is 0 Å². The molecule has 3 heterocycles. The van der Waals surface area contributed by atoms with E-state index in [0.29, 0.717) is 17.5 Å². The first-order valence-corrected chi connectivity index (χ1v) is 11.6. The van der Waals surface area contributed by atoms with Crippen molar-refractivity contribution >= 4 is 45.3 Å². The molecule has 0 unspecified atom stereocenters. The van der Waals surface area contributed by atoms with Crippen LogP contribution in [0.4, 0.5) is 4.79 Å². The fourth-order valence-electron chi connectivity index (χ4n) is 3.51. The molecule has 10 heteroatoms. The van der Waals surface area contributed by atoms with Gasteiger partial charge in [0.25, 0.3) is 5.56 Å². The van der Waals surface area contributed by atoms with Crippen molar-refractivity contribution in [3.63, 3.8) is 0 Å². The molecule has 0 aliphatic heterocycles. The summed E-state index contributed by atoms with van der Waals surface area (Å²) in [5.74, 6) is 0.125. The van der Waals surface area contributed by atoms with Gasteiger partial charge in [-0.3, -0.25) is 19.5 Å². The maximum absolute atomic E-state index is 13.1. The number of thiophene rings is 1. The molecule has 0 spiro atoms. The lowest BCUT2D eigenvalue weighted by Crippen LogP contribution is -2.40. The number of furan rings is 1. The van der Waals surface area contributed by atoms with E-state index in [0.717, 1.165) is 41.5 Å². The van der Waals surface area contributed by atoms with Crippen molar-refractivity contribution in [1.29, 1.82) is 0 Å². The summed E-state index contributed by atoms with van der Waals surface area (Å²) in [6.07, 6.45) is 5.32. The second-order valence-electron chi connectivity index (χ2n) is 6.99. The molecule has 0 fully saturated rings. The highest BCUT2D eigenvalue weighted by atomic mass is 32.2. The van der Waals surface area contributed by atoms with Crippen molar-refractivity contribution in [2.24, 2.45) is 0 Å². The fraction of sp³-hybridized carbons (Fsp3) is 0.400. The number of carbonyl (C=O) groups is 2. The highest BCUT2D eigenvalue weighted by Gasteiger charge is 2.23. The molecule has 0 saturated heterocycles. The van der Waals surface area contributed by atoms with Gasteiger partial charge in [0.2, 0.25) is 5.91 Å². The SMILES string of the molecule is CCCn1c(SCC(=O)NC(=O)NCc2ccco2)nc2sc3c(c2c1=O)CCC3. The highest BCUT2D eigenvalue weighted by molar-refractivity contribution is 7.99. The van der Waals surface area contributed by atoms with Crippen molar-refractivity contribution in [2.75, 3.05) is 5.75 Å². The molecule has 1 aliphatic rings. The van der Waals surface area contributed by atoms with E-state index in [9.17, 15) is 14.4 Å². The Morgan fingerprint density at radius 3 is 3.00 bits per heavy atom. The maximum Gasteiger partial charge on any atom is 0.321 e. The van der Waals surface area contributed by atoms with Crippen LogP contribution in [0.5, 0.6) is 0 Å². The lowest BCUT2D eigenvalue weighted by Gasteiger charge is -2.11. The number of aryl methyl sites for hydroxylation is 2. The summed E-state index contributed by atoms with van der Waals surface area (Å²) in [5, 5.41) is 6.10. The standard InChI is InChI=1S/C20H22N4O4S2/c1-2-8-24-18(26)16-13-6-3-7-14(13)30-17(16)23-20(24)29-11-15(25)22-19(27)21-10-12-5-4-9-28-12/h4-5,9H,2-3,6-8,10-11H2,1H3,(H2,21,22,25,27). The largest absolute Gasteiger partial charge is 0.467 e. The first kappa shape index (κ1) is 20.7. The Balaban J connectivity index is 1.44. The van der Waals surface area contributed by atoms with E-state index in [-0.39, 0.29) is 17.9 Å². The van der Waals surface area contributed by atoms with Gasteiger partial charge < -0.3 is 9.73 Å². The first-order valence-electron chi connectivity index (χ1n) is 9.84. The van der Waals surface area contributed by atoms with E-state index in [2.05, 4.69) is 10.6 Å². The van der Waals surface area contributed by atoms with Gasteiger partial charge in [0.05, 0.1) is 23.9 Å². The van der Waals surface area contributed by atoms with Crippen molar-refractivity contribution in [3.05, 3.63) is 45.0 Å².